The predicted molar refractivity (Wildman–Crippen MR) is 92.6 cm³/mol. The first-order chi connectivity index (χ1) is 11.1. The van der Waals surface area contributed by atoms with E-state index >= 15 is 0 Å². The maximum atomic E-state index is 12.1. The number of pyridine rings is 1. The molecule has 5 nitrogen and oxygen atoms in total. The topological polar surface area (TPSA) is 59.8 Å². The lowest BCUT2D eigenvalue weighted by Crippen LogP contribution is -2.15. The number of carbonyl (C=O) groups is 1. The molecule has 3 aromatic rings. The number of thioether (sulfide) groups is 1. The number of aromatic nitrogens is 3. The SMILES string of the molecule is Cc1nn(C)c2c1C(c1cccc3cccnc13)SCC(=O)N2. The second-order valence-electron chi connectivity index (χ2n) is 5.63. The van der Waals surface area contributed by atoms with E-state index in [0.29, 0.717) is 5.75 Å². The highest BCUT2D eigenvalue weighted by atomic mass is 32.2. The molecule has 0 saturated carbocycles. The summed E-state index contributed by atoms with van der Waals surface area (Å²) in [7, 11) is 1.86. The minimum absolute atomic E-state index is 0.00921. The molecule has 1 amide bonds. The Morgan fingerprint density at radius 2 is 2.13 bits per heavy atom. The summed E-state index contributed by atoms with van der Waals surface area (Å²) in [5, 5.41) is 8.62. The lowest BCUT2D eigenvalue weighted by atomic mass is 10.0. The van der Waals surface area contributed by atoms with E-state index in [2.05, 4.69) is 33.6 Å². The van der Waals surface area contributed by atoms with E-state index in [9.17, 15) is 4.79 Å². The van der Waals surface area contributed by atoms with Crippen LogP contribution in [0.25, 0.3) is 10.9 Å². The number of hydrogen-bond acceptors (Lipinski definition) is 4. The van der Waals surface area contributed by atoms with Gasteiger partial charge in [0.25, 0.3) is 0 Å². The Kier molecular flexibility index (Phi) is 3.34. The van der Waals surface area contributed by atoms with Crippen molar-refractivity contribution in [1.29, 1.82) is 0 Å². The largest absolute Gasteiger partial charge is 0.310 e. The fraction of sp³-hybridized carbons (Fsp3) is 0.235. The lowest BCUT2D eigenvalue weighted by molar-refractivity contribution is -0.113. The Labute approximate surface area is 138 Å². The zero-order chi connectivity index (χ0) is 16.0. The van der Waals surface area contributed by atoms with Crippen LogP contribution in [0.5, 0.6) is 0 Å². The van der Waals surface area contributed by atoms with Crippen molar-refractivity contribution in [2.24, 2.45) is 7.05 Å². The van der Waals surface area contributed by atoms with Crippen molar-refractivity contribution < 1.29 is 4.79 Å². The standard InChI is InChI=1S/C17H16N4OS/c1-10-14-16(23-9-13(22)19-17(14)21(2)20-10)12-7-3-5-11-6-4-8-18-15(11)12/h3-8,16H,9H2,1-2H3,(H,19,22). The molecule has 1 aliphatic rings. The average Bonchev–Trinajstić information content (AvgIpc) is 2.72. The maximum Gasteiger partial charge on any atom is 0.235 e. The lowest BCUT2D eigenvalue weighted by Gasteiger charge is -2.16. The van der Waals surface area contributed by atoms with Crippen LogP contribution in [0.3, 0.4) is 0 Å². The van der Waals surface area contributed by atoms with Crippen LogP contribution in [-0.2, 0) is 11.8 Å². The van der Waals surface area contributed by atoms with E-state index in [1.54, 1.807) is 16.4 Å². The van der Waals surface area contributed by atoms with E-state index < -0.39 is 0 Å². The van der Waals surface area contributed by atoms with E-state index in [4.69, 9.17) is 0 Å². The molecule has 4 rings (SSSR count). The summed E-state index contributed by atoms with van der Waals surface area (Å²) < 4.78 is 1.75. The van der Waals surface area contributed by atoms with Gasteiger partial charge in [0.05, 0.1) is 22.2 Å². The third-order valence-corrected chi connectivity index (χ3v) is 5.37. The van der Waals surface area contributed by atoms with Crippen molar-refractivity contribution in [3.8, 4) is 0 Å². The number of nitrogens with one attached hydrogen (secondary N) is 1. The number of nitrogens with zero attached hydrogens (tertiary/aromatic N) is 3. The summed E-state index contributed by atoms with van der Waals surface area (Å²) >= 11 is 1.62. The van der Waals surface area contributed by atoms with Crippen LogP contribution in [0.1, 0.15) is 22.1 Å². The van der Waals surface area contributed by atoms with Gasteiger partial charge in [-0.15, -0.1) is 11.8 Å². The minimum Gasteiger partial charge on any atom is -0.310 e. The molecule has 2 aromatic heterocycles. The summed E-state index contributed by atoms with van der Waals surface area (Å²) in [6.45, 7) is 1.99. The fourth-order valence-corrected chi connectivity index (χ4v) is 4.34. The van der Waals surface area contributed by atoms with E-state index in [-0.39, 0.29) is 11.2 Å². The molecule has 0 fully saturated rings. The Hall–Kier alpha value is -2.34. The molecule has 0 bridgehead atoms. The Bertz CT molecular complexity index is 913. The van der Waals surface area contributed by atoms with E-state index in [1.165, 1.54) is 0 Å². The van der Waals surface area contributed by atoms with Crippen LogP contribution >= 0.6 is 11.8 Å². The smallest absolute Gasteiger partial charge is 0.235 e. The number of para-hydroxylation sites is 1. The van der Waals surface area contributed by atoms with Crippen molar-refractivity contribution >= 4 is 34.4 Å². The van der Waals surface area contributed by atoms with Crippen molar-refractivity contribution in [3.05, 3.63) is 53.3 Å². The molecule has 6 heteroatoms. The molecule has 1 N–H and O–H groups in total. The first kappa shape index (κ1) is 14.3. The van der Waals surface area contributed by atoms with Gasteiger partial charge in [-0.3, -0.25) is 14.5 Å². The number of amides is 1. The van der Waals surface area contributed by atoms with Gasteiger partial charge in [-0.25, -0.2) is 0 Å². The third-order valence-electron chi connectivity index (χ3n) is 4.12. The molecule has 1 atom stereocenters. The number of aryl methyl sites for hydroxylation is 2. The van der Waals surface area contributed by atoms with Gasteiger partial charge in [-0.05, 0) is 18.6 Å². The predicted octanol–water partition coefficient (Wildman–Crippen LogP) is 3.05. The highest BCUT2D eigenvalue weighted by Crippen LogP contribution is 2.44. The second kappa shape index (κ2) is 5.38. The van der Waals surface area contributed by atoms with Crippen LogP contribution in [-0.4, -0.2) is 26.4 Å². The Morgan fingerprint density at radius 3 is 3.00 bits per heavy atom. The van der Waals surface area contributed by atoms with Gasteiger partial charge in [0.2, 0.25) is 5.91 Å². The summed E-state index contributed by atoms with van der Waals surface area (Å²) in [5.41, 5.74) is 4.12. The van der Waals surface area contributed by atoms with Gasteiger partial charge in [0.15, 0.2) is 0 Å². The van der Waals surface area contributed by atoms with Crippen LogP contribution in [0.2, 0.25) is 0 Å². The Balaban J connectivity index is 1.96. The molecule has 0 radical (unpaired) electrons. The van der Waals surface area contributed by atoms with E-state index in [1.807, 2.05) is 32.3 Å². The van der Waals surface area contributed by atoms with Crippen LogP contribution < -0.4 is 5.32 Å². The number of anilines is 1. The van der Waals surface area contributed by atoms with Gasteiger partial charge in [-0.1, -0.05) is 24.3 Å². The molecule has 3 heterocycles. The molecule has 116 valence electrons. The first-order valence-corrected chi connectivity index (χ1v) is 8.48. The molecule has 1 aliphatic heterocycles. The molecule has 0 saturated heterocycles. The Morgan fingerprint density at radius 1 is 1.30 bits per heavy atom. The third kappa shape index (κ3) is 2.30. The van der Waals surface area contributed by atoms with E-state index in [0.717, 1.165) is 33.5 Å². The van der Waals surface area contributed by atoms with Crippen molar-refractivity contribution in [2.75, 3.05) is 11.1 Å². The van der Waals surface area contributed by atoms with Gasteiger partial charge in [0, 0.05) is 24.2 Å². The molecule has 0 spiro atoms. The van der Waals surface area contributed by atoms with Crippen molar-refractivity contribution in [1.82, 2.24) is 14.8 Å². The van der Waals surface area contributed by atoms with Crippen LogP contribution in [0, 0.1) is 6.92 Å². The quantitative estimate of drug-likeness (QED) is 0.747. The summed E-state index contributed by atoms with van der Waals surface area (Å²) in [6, 6.07) is 10.2. The van der Waals surface area contributed by atoms with Gasteiger partial charge in [-0.2, -0.15) is 5.10 Å². The molecule has 1 unspecified atom stereocenters. The molecule has 1 aromatic carbocycles. The summed E-state index contributed by atoms with van der Waals surface area (Å²) in [6.07, 6.45) is 1.81. The van der Waals surface area contributed by atoms with Crippen LogP contribution in [0.4, 0.5) is 5.82 Å². The maximum absolute atomic E-state index is 12.1. The number of benzene rings is 1. The normalized spacial score (nSPS) is 17.7. The van der Waals surface area contributed by atoms with Crippen molar-refractivity contribution in [3.63, 3.8) is 0 Å². The first-order valence-electron chi connectivity index (χ1n) is 7.43. The van der Waals surface area contributed by atoms with Gasteiger partial charge < -0.3 is 5.32 Å². The molecular weight excluding hydrogens is 308 g/mol. The molecule has 23 heavy (non-hydrogen) atoms. The second-order valence-corrected chi connectivity index (χ2v) is 6.73. The van der Waals surface area contributed by atoms with Gasteiger partial charge in [0.1, 0.15) is 5.82 Å². The highest BCUT2D eigenvalue weighted by Gasteiger charge is 2.30. The molecular formula is C17H16N4OS. The monoisotopic (exact) mass is 324 g/mol. The average molecular weight is 324 g/mol. The molecule has 0 aliphatic carbocycles. The number of rotatable bonds is 1. The fourth-order valence-electron chi connectivity index (χ4n) is 3.13. The summed E-state index contributed by atoms with van der Waals surface area (Å²) in [4.78, 5) is 16.6. The number of hydrogen-bond donors (Lipinski definition) is 1. The van der Waals surface area contributed by atoms with Crippen molar-refractivity contribution in [2.45, 2.75) is 12.2 Å². The number of carbonyl (C=O) groups excluding carboxylic acids is 1. The highest BCUT2D eigenvalue weighted by molar-refractivity contribution is 8.00. The number of fused-ring (bicyclic) bond motifs is 2. The zero-order valence-electron chi connectivity index (χ0n) is 12.9. The van der Waals surface area contributed by atoms with Crippen LogP contribution in [0.15, 0.2) is 36.5 Å². The van der Waals surface area contributed by atoms with Gasteiger partial charge >= 0.3 is 0 Å². The zero-order valence-corrected chi connectivity index (χ0v) is 13.7. The minimum atomic E-state index is 0.00921. The summed E-state index contributed by atoms with van der Waals surface area (Å²) in [5.74, 6) is 1.22.